The van der Waals surface area contributed by atoms with E-state index >= 15 is 0 Å². The molecule has 1 fully saturated rings. The molecule has 0 spiro atoms. The zero-order valence-corrected chi connectivity index (χ0v) is 11.8. The first-order chi connectivity index (χ1) is 9.93. The van der Waals surface area contributed by atoms with Crippen LogP contribution in [0.4, 0.5) is 18.9 Å². The fraction of sp³-hybridized carbons (Fsp3) is 0.533. The standard InChI is InChI=1S/C15H19F3N2O/c1-19-12-8-4-2-6-10(12)14(21)20-13-9-5-3-7-11(13)15(16,17)18/h2,4,6,8,11,13,19H,3,5,7,9H2,1H3,(H,20,21). The molecule has 2 N–H and O–H groups in total. The molecule has 3 nitrogen and oxygen atoms in total. The molecule has 0 saturated heterocycles. The first-order valence-corrected chi connectivity index (χ1v) is 7.08. The lowest BCUT2D eigenvalue weighted by Crippen LogP contribution is -2.47. The van der Waals surface area contributed by atoms with Gasteiger partial charge < -0.3 is 10.6 Å². The molecule has 1 amide bonds. The lowest BCUT2D eigenvalue weighted by molar-refractivity contribution is -0.187. The van der Waals surface area contributed by atoms with Crippen molar-refractivity contribution >= 4 is 11.6 Å². The molecular weight excluding hydrogens is 281 g/mol. The summed E-state index contributed by atoms with van der Waals surface area (Å²) in [5.41, 5.74) is 0.973. The predicted octanol–water partition coefficient (Wildman–Crippen LogP) is 3.58. The van der Waals surface area contributed by atoms with Crippen molar-refractivity contribution < 1.29 is 18.0 Å². The van der Waals surface area contributed by atoms with E-state index in [4.69, 9.17) is 0 Å². The Balaban J connectivity index is 2.14. The van der Waals surface area contributed by atoms with Gasteiger partial charge in [-0.3, -0.25) is 4.79 Å². The second kappa shape index (κ2) is 6.37. The zero-order valence-electron chi connectivity index (χ0n) is 11.8. The minimum Gasteiger partial charge on any atom is -0.387 e. The summed E-state index contributed by atoms with van der Waals surface area (Å²) in [6.45, 7) is 0. The van der Waals surface area contributed by atoms with E-state index in [1.165, 1.54) is 0 Å². The molecule has 1 aromatic carbocycles. The summed E-state index contributed by atoms with van der Waals surface area (Å²) < 4.78 is 39.1. The fourth-order valence-corrected chi connectivity index (χ4v) is 2.84. The number of rotatable bonds is 3. The van der Waals surface area contributed by atoms with Crippen LogP contribution in [0.15, 0.2) is 24.3 Å². The van der Waals surface area contributed by atoms with Crippen molar-refractivity contribution in [1.29, 1.82) is 0 Å². The summed E-state index contributed by atoms with van der Waals surface area (Å²) in [5, 5.41) is 5.44. The van der Waals surface area contributed by atoms with E-state index in [-0.39, 0.29) is 6.42 Å². The van der Waals surface area contributed by atoms with Crippen molar-refractivity contribution in [2.24, 2.45) is 5.92 Å². The molecule has 2 atom stereocenters. The largest absolute Gasteiger partial charge is 0.393 e. The Kier molecular flexibility index (Phi) is 4.75. The van der Waals surface area contributed by atoms with Crippen molar-refractivity contribution in [1.82, 2.24) is 5.32 Å². The number of hydrogen-bond acceptors (Lipinski definition) is 2. The molecule has 0 bridgehead atoms. The molecule has 1 aliphatic carbocycles. The van der Waals surface area contributed by atoms with Gasteiger partial charge in [-0.25, -0.2) is 0 Å². The van der Waals surface area contributed by atoms with Crippen LogP contribution in [0.5, 0.6) is 0 Å². The topological polar surface area (TPSA) is 41.1 Å². The number of hydrogen-bond donors (Lipinski definition) is 2. The van der Waals surface area contributed by atoms with Crippen molar-refractivity contribution in [3.05, 3.63) is 29.8 Å². The van der Waals surface area contributed by atoms with Gasteiger partial charge in [-0.2, -0.15) is 13.2 Å². The van der Waals surface area contributed by atoms with Crippen LogP contribution in [0, 0.1) is 5.92 Å². The summed E-state index contributed by atoms with van der Waals surface area (Å²) in [6.07, 6.45) is -2.53. The maximum absolute atomic E-state index is 13.0. The average Bonchev–Trinajstić information content (AvgIpc) is 2.46. The highest BCUT2D eigenvalue weighted by molar-refractivity contribution is 5.99. The van der Waals surface area contributed by atoms with Gasteiger partial charge in [-0.15, -0.1) is 0 Å². The number of amides is 1. The highest BCUT2D eigenvalue weighted by Gasteiger charge is 2.46. The molecule has 21 heavy (non-hydrogen) atoms. The maximum atomic E-state index is 13.0. The smallest absolute Gasteiger partial charge is 0.387 e. The molecule has 1 aromatic rings. The van der Waals surface area contributed by atoms with Gasteiger partial charge in [0.05, 0.1) is 11.5 Å². The van der Waals surface area contributed by atoms with E-state index < -0.39 is 24.0 Å². The van der Waals surface area contributed by atoms with Gasteiger partial charge in [0.1, 0.15) is 0 Å². The molecule has 2 rings (SSSR count). The van der Waals surface area contributed by atoms with E-state index in [2.05, 4.69) is 10.6 Å². The third kappa shape index (κ3) is 3.68. The lowest BCUT2D eigenvalue weighted by atomic mass is 9.84. The average molecular weight is 300 g/mol. The molecule has 2 unspecified atom stereocenters. The lowest BCUT2D eigenvalue weighted by Gasteiger charge is -2.33. The number of benzene rings is 1. The zero-order chi connectivity index (χ0) is 15.5. The second-order valence-corrected chi connectivity index (χ2v) is 5.31. The van der Waals surface area contributed by atoms with Crippen molar-refractivity contribution in [2.45, 2.75) is 37.9 Å². The van der Waals surface area contributed by atoms with Gasteiger partial charge in [0, 0.05) is 18.8 Å². The summed E-state index contributed by atoms with van der Waals surface area (Å²) in [7, 11) is 1.67. The Morgan fingerprint density at radius 2 is 1.86 bits per heavy atom. The third-order valence-electron chi connectivity index (χ3n) is 3.94. The summed E-state index contributed by atoms with van der Waals surface area (Å²) in [5.74, 6) is -1.90. The van der Waals surface area contributed by atoms with Crippen molar-refractivity contribution in [3.8, 4) is 0 Å². The summed E-state index contributed by atoms with van der Waals surface area (Å²) in [4.78, 5) is 12.2. The first-order valence-electron chi connectivity index (χ1n) is 7.08. The van der Waals surface area contributed by atoms with Crippen LogP contribution in [0.25, 0.3) is 0 Å². The van der Waals surface area contributed by atoms with Crippen LogP contribution in [-0.4, -0.2) is 25.2 Å². The quantitative estimate of drug-likeness (QED) is 0.896. The molecular formula is C15H19F3N2O. The van der Waals surface area contributed by atoms with Crippen LogP contribution < -0.4 is 10.6 Å². The Morgan fingerprint density at radius 3 is 2.52 bits per heavy atom. The van der Waals surface area contributed by atoms with Crippen molar-refractivity contribution in [3.63, 3.8) is 0 Å². The van der Waals surface area contributed by atoms with Gasteiger partial charge in [-0.05, 0) is 25.0 Å². The fourth-order valence-electron chi connectivity index (χ4n) is 2.84. The maximum Gasteiger partial charge on any atom is 0.393 e. The van der Waals surface area contributed by atoms with Gasteiger partial charge in [-0.1, -0.05) is 25.0 Å². The molecule has 0 heterocycles. The molecule has 0 aromatic heterocycles. The normalized spacial score (nSPS) is 22.7. The van der Waals surface area contributed by atoms with Gasteiger partial charge in [0.25, 0.3) is 5.91 Å². The first kappa shape index (κ1) is 15.7. The highest BCUT2D eigenvalue weighted by atomic mass is 19.4. The third-order valence-corrected chi connectivity index (χ3v) is 3.94. The number of halogens is 3. The highest BCUT2D eigenvalue weighted by Crippen LogP contribution is 2.37. The molecule has 1 aliphatic rings. The van der Waals surface area contributed by atoms with E-state index in [1.807, 2.05) is 0 Å². The molecule has 0 aliphatic heterocycles. The minimum absolute atomic E-state index is 0.0854. The van der Waals surface area contributed by atoms with E-state index in [0.717, 1.165) is 0 Å². The van der Waals surface area contributed by atoms with Crippen LogP contribution in [0.2, 0.25) is 0 Å². The Morgan fingerprint density at radius 1 is 1.19 bits per heavy atom. The summed E-state index contributed by atoms with van der Waals surface area (Å²) in [6, 6.07) is 5.94. The molecule has 116 valence electrons. The molecule has 6 heteroatoms. The van der Waals surface area contributed by atoms with Gasteiger partial charge >= 0.3 is 6.18 Å². The van der Waals surface area contributed by atoms with Crippen LogP contribution >= 0.6 is 0 Å². The number of alkyl halides is 3. The SMILES string of the molecule is CNc1ccccc1C(=O)NC1CCCCC1C(F)(F)F. The van der Waals surface area contributed by atoms with Crippen molar-refractivity contribution in [2.75, 3.05) is 12.4 Å². The second-order valence-electron chi connectivity index (χ2n) is 5.31. The number of carbonyl (C=O) groups excluding carboxylic acids is 1. The number of nitrogens with one attached hydrogen (secondary N) is 2. The van der Waals surface area contributed by atoms with Gasteiger partial charge in [0.15, 0.2) is 0 Å². The minimum atomic E-state index is -4.26. The van der Waals surface area contributed by atoms with Crippen LogP contribution in [0.3, 0.4) is 0 Å². The van der Waals surface area contributed by atoms with E-state index in [0.29, 0.717) is 30.5 Å². The number of carbonyl (C=O) groups is 1. The van der Waals surface area contributed by atoms with Crippen LogP contribution in [-0.2, 0) is 0 Å². The number of para-hydroxylation sites is 1. The Bertz CT molecular complexity index is 502. The number of anilines is 1. The van der Waals surface area contributed by atoms with Crippen LogP contribution in [0.1, 0.15) is 36.0 Å². The summed E-state index contributed by atoms with van der Waals surface area (Å²) >= 11 is 0. The van der Waals surface area contributed by atoms with E-state index in [1.54, 1.807) is 31.3 Å². The Hall–Kier alpha value is -1.72. The predicted molar refractivity (Wildman–Crippen MR) is 75.3 cm³/mol. The molecule has 1 saturated carbocycles. The monoisotopic (exact) mass is 300 g/mol. The molecule has 0 radical (unpaired) electrons. The van der Waals surface area contributed by atoms with E-state index in [9.17, 15) is 18.0 Å². The van der Waals surface area contributed by atoms with Gasteiger partial charge in [0.2, 0.25) is 0 Å². The Labute approximate surface area is 121 Å².